The second-order valence-corrected chi connectivity index (χ2v) is 6.87. The molecular weight excluding hydrogens is 410 g/mol. The smallest absolute Gasteiger partial charge is 0.274 e. The summed E-state index contributed by atoms with van der Waals surface area (Å²) in [7, 11) is 1.55. The van der Waals surface area contributed by atoms with Gasteiger partial charge in [-0.1, -0.05) is 11.6 Å². The fourth-order valence-corrected chi connectivity index (χ4v) is 3.19. The van der Waals surface area contributed by atoms with E-state index >= 15 is 0 Å². The van der Waals surface area contributed by atoms with Gasteiger partial charge in [0.25, 0.3) is 5.69 Å². The first-order valence-electron chi connectivity index (χ1n) is 9.27. The average Bonchev–Trinajstić information content (AvgIpc) is 3.12. The van der Waals surface area contributed by atoms with E-state index in [-0.39, 0.29) is 5.69 Å². The molecule has 0 fully saturated rings. The minimum atomic E-state index is -0.514. The number of anilines is 2. The molecule has 0 aliphatic heterocycles. The third-order valence-electron chi connectivity index (χ3n) is 4.42. The number of aromatic nitrogens is 3. The highest BCUT2D eigenvalue weighted by atomic mass is 35.5. The molecule has 0 saturated carbocycles. The van der Waals surface area contributed by atoms with Crippen LogP contribution in [0, 0.1) is 17.0 Å². The SMILES string of the molecule is CCOC(Cn1nc(-c2cccnc2)cc1Nc1cc([N+](=O)[O-])c(C)cc1Cl)OC. The van der Waals surface area contributed by atoms with Crippen LogP contribution in [0.5, 0.6) is 0 Å². The number of aryl methyl sites for hydroxylation is 1. The zero-order chi connectivity index (χ0) is 21.7. The molecular formula is C20H22ClN5O4. The van der Waals surface area contributed by atoms with Crippen LogP contribution in [-0.2, 0) is 16.0 Å². The molecule has 2 aromatic heterocycles. The summed E-state index contributed by atoms with van der Waals surface area (Å²) < 4.78 is 12.6. The van der Waals surface area contributed by atoms with Gasteiger partial charge in [-0.2, -0.15) is 5.10 Å². The Morgan fingerprint density at radius 2 is 2.17 bits per heavy atom. The van der Waals surface area contributed by atoms with Crippen LogP contribution in [0.15, 0.2) is 42.7 Å². The van der Waals surface area contributed by atoms with E-state index in [0.29, 0.717) is 40.9 Å². The predicted molar refractivity (Wildman–Crippen MR) is 114 cm³/mol. The number of methoxy groups -OCH3 is 1. The highest BCUT2D eigenvalue weighted by Crippen LogP contribution is 2.33. The highest BCUT2D eigenvalue weighted by molar-refractivity contribution is 6.33. The number of hydrogen-bond acceptors (Lipinski definition) is 7. The lowest BCUT2D eigenvalue weighted by atomic mass is 10.2. The lowest BCUT2D eigenvalue weighted by Gasteiger charge is -2.17. The first kappa shape index (κ1) is 21.7. The summed E-state index contributed by atoms with van der Waals surface area (Å²) in [6.45, 7) is 4.30. The van der Waals surface area contributed by atoms with E-state index in [1.54, 1.807) is 37.2 Å². The van der Waals surface area contributed by atoms with E-state index in [2.05, 4.69) is 15.4 Å². The lowest BCUT2D eigenvalue weighted by Crippen LogP contribution is -2.23. The Balaban J connectivity index is 2.01. The van der Waals surface area contributed by atoms with Crippen molar-refractivity contribution in [3.05, 3.63) is 63.4 Å². The molecule has 1 aromatic carbocycles. The monoisotopic (exact) mass is 431 g/mol. The molecule has 0 aliphatic rings. The van der Waals surface area contributed by atoms with Crippen molar-refractivity contribution in [1.82, 2.24) is 14.8 Å². The molecule has 3 aromatic rings. The van der Waals surface area contributed by atoms with Crippen LogP contribution in [0.1, 0.15) is 12.5 Å². The van der Waals surface area contributed by atoms with E-state index in [1.165, 1.54) is 6.07 Å². The minimum absolute atomic E-state index is 0.0236. The van der Waals surface area contributed by atoms with Crippen LogP contribution in [0.4, 0.5) is 17.2 Å². The summed E-state index contributed by atoms with van der Waals surface area (Å²) >= 11 is 6.34. The van der Waals surface area contributed by atoms with Crippen LogP contribution in [0.3, 0.4) is 0 Å². The van der Waals surface area contributed by atoms with Gasteiger partial charge in [0, 0.05) is 49.4 Å². The first-order chi connectivity index (χ1) is 14.4. The molecule has 9 nitrogen and oxygen atoms in total. The molecule has 0 saturated heterocycles. The maximum atomic E-state index is 11.3. The molecule has 0 aliphatic carbocycles. The van der Waals surface area contributed by atoms with Gasteiger partial charge in [0.15, 0.2) is 6.29 Å². The van der Waals surface area contributed by atoms with Crippen molar-refractivity contribution in [3.8, 4) is 11.3 Å². The summed E-state index contributed by atoms with van der Waals surface area (Å²) in [5, 5.41) is 19.5. The Hall–Kier alpha value is -3.01. The zero-order valence-electron chi connectivity index (χ0n) is 16.8. The Morgan fingerprint density at radius 3 is 2.80 bits per heavy atom. The minimum Gasteiger partial charge on any atom is -0.354 e. The summed E-state index contributed by atoms with van der Waals surface area (Å²) in [6, 6.07) is 8.50. The number of benzene rings is 1. The molecule has 0 spiro atoms. The number of nitrogens with one attached hydrogen (secondary N) is 1. The number of rotatable bonds is 9. The summed E-state index contributed by atoms with van der Waals surface area (Å²) in [5.74, 6) is 0.579. The third-order valence-corrected chi connectivity index (χ3v) is 4.73. The molecule has 30 heavy (non-hydrogen) atoms. The van der Waals surface area contributed by atoms with Gasteiger partial charge < -0.3 is 14.8 Å². The second kappa shape index (κ2) is 9.66. The average molecular weight is 432 g/mol. The highest BCUT2D eigenvalue weighted by Gasteiger charge is 2.19. The van der Waals surface area contributed by atoms with Crippen LogP contribution in [-0.4, -0.2) is 39.7 Å². The van der Waals surface area contributed by atoms with E-state index in [9.17, 15) is 10.1 Å². The molecule has 0 bridgehead atoms. The van der Waals surface area contributed by atoms with Gasteiger partial charge >= 0.3 is 0 Å². The number of nitro groups is 1. The van der Waals surface area contributed by atoms with Crippen molar-refractivity contribution < 1.29 is 14.4 Å². The molecule has 1 N–H and O–H groups in total. The standard InChI is InChI=1S/C20H22ClN5O4/c1-4-30-20(29-3)12-25-19(10-16(24-25)14-6-5-7-22-11-14)23-17-9-18(26(27)28)13(2)8-15(17)21/h5-11,20,23H,4,12H2,1-3H3. The number of nitrogens with zero attached hydrogens (tertiary/aromatic N) is 4. The van der Waals surface area contributed by atoms with Gasteiger partial charge in [0.1, 0.15) is 5.82 Å². The van der Waals surface area contributed by atoms with Gasteiger partial charge in [0.05, 0.1) is 27.9 Å². The normalized spacial score (nSPS) is 12.0. The molecule has 2 heterocycles. The summed E-state index contributed by atoms with van der Waals surface area (Å²) in [6.07, 6.45) is 2.87. The third kappa shape index (κ3) is 4.93. The number of hydrogen-bond donors (Lipinski definition) is 1. The maximum Gasteiger partial charge on any atom is 0.274 e. The second-order valence-electron chi connectivity index (χ2n) is 6.46. The van der Waals surface area contributed by atoms with Crippen molar-refractivity contribution >= 4 is 28.8 Å². The maximum absolute atomic E-state index is 11.3. The van der Waals surface area contributed by atoms with Gasteiger partial charge in [-0.15, -0.1) is 0 Å². The number of ether oxygens (including phenoxy) is 2. The molecule has 10 heteroatoms. The summed E-state index contributed by atoms with van der Waals surface area (Å²) in [4.78, 5) is 15.0. The van der Waals surface area contributed by atoms with E-state index in [4.69, 9.17) is 21.1 Å². The predicted octanol–water partition coefficient (Wildman–Crippen LogP) is 4.57. The van der Waals surface area contributed by atoms with Gasteiger partial charge in [0.2, 0.25) is 0 Å². The van der Waals surface area contributed by atoms with Gasteiger partial charge in [-0.25, -0.2) is 4.68 Å². The first-order valence-corrected chi connectivity index (χ1v) is 9.65. The number of nitro benzene ring substituents is 1. The fraction of sp³-hybridized carbons (Fsp3) is 0.300. The number of pyridine rings is 1. The molecule has 3 rings (SSSR count). The summed E-state index contributed by atoms with van der Waals surface area (Å²) in [5.41, 5.74) is 2.36. The fourth-order valence-electron chi connectivity index (χ4n) is 2.93. The van der Waals surface area contributed by atoms with Crippen LogP contribution >= 0.6 is 11.6 Å². The Morgan fingerprint density at radius 1 is 1.37 bits per heavy atom. The molecule has 1 unspecified atom stereocenters. The van der Waals surface area contributed by atoms with Gasteiger partial charge in [-0.3, -0.25) is 15.1 Å². The Labute approximate surface area is 178 Å². The largest absolute Gasteiger partial charge is 0.354 e. The molecule has 158 valence electrons. The van der Waals surface area contributed by atoms with Crippen LogP contribution in [0.25, 0.3) is 11.3 Å². The topological polar surface area (TPSA) is 104 Å². The number of halogens is 1. The van der Waals surface area contributed by atoms with E-state index < -0.39 is 11.2 Å². The Kier molecular flexibility index (Phi) is 6.99. The van der Waals surface area contributed by atoms with Crippen molar-refractivity contribution in [3.63, 3.8) is 0 Å². The van der Waals surface area contributed by atoms with E-state index in [0.717, 1.165) is 5.56 Å². The zero-order valence-corrected chi connectivity index (χ0v) is 17.6. The van der Waals surface area contributed by atoms with Crippen molar-refractivity contribution in [2.75, 3.05) is 19.0 Å². The van der Waals surface area contributed by atoms with Crippen molar-refractivity contribution in [2.24, 2.45) is 0 Å². The van der Waals surface area contributed by atoms with Crippen molar-refractivity contribution in [2.45, 2.75) is 26.7 Å². The molecule has 1 atom stereocenters. The van der Waals surface area contributed by atoms with Crippen molar-refractivity contribution in [1.29, 1.82) is 0 Å². The van der Waals surface area contributed by atoms with Crippen LogP contribution < -0.4 is 5.32 Å². The molecule has 0 amide bonds. The van der Waals surface area contributed by atoms with Gasteiger partial charge in [-0.05, 0) is 32.0 Å². The molecule has 0 radical (unpaired) electrons. The van der Waals surface area contributed by atoms with E-state index in [1.807, 2.05) is 25.1 Å². The lowest BCUT2D eigenvalue weighted by molar-refractivity contribution is -0.385. The van der Waals surface area contributed by atoms with Crippen LogP contribution in [0.2, 0.25) is 5.02 Å². The Bertz CT molecular complexity index is 1030. The quantitative estimate of drug-likeness (QED) is 0.300.